The zero-order valence-corrected chi connectivity index (χ0v) is 16.8. The van der Waals surface area contributed by atoms with Gasteiger partial charge in [-0.1, -0.05) is 17.7 Å². The Labute approximate surface area is 154 Å². The van der Waals surface area contributed by atoms with Crippen LogP contribution in [-0.2, 0) is 26.5 Å². The molecule has 8 heteroatoms. The molecule has 1 aliphatic heterocycles. The van der Waals surface area contributed by atoms with E-state index in [9.17, 15) is 16.8 Å². The Bertz CT molecular complexity index is 1080. The maximum atomic E-state index is 13.4. The van der Waals surface area contributed by atoms with Gasteiger partial charge in [0.2, 0.25) is 10.0 Å². The second-order valence-corrected chi connectivity index (χ2v) is 10.2. The van der Waals surface area contributed by atoms with Crippen molar-refractivity contribution in [3.05, 3.63) is 52.6 Å². The lowest BCUT2D eigenvalue weighted by atomic mass is 10.1. The van der Waals surface area contributed by atoms with Gasteiger partial charge in [0.1, 0.15) is 0 Å². The number of nitrogens with zero attached hydrogens (tertiary/aromatic N) is 1. The fraction of sp³-hybridized carbons (Fsp3) is 0.333. The highest BCUT2D eigenvalue weighted by atomic mass is 32.2. The summed E-state index contributed by atoms with van der Waals surface area (Å²) in [4.78, 5) is 0.295. The molecule has 0 saturated carbocycles. The van der Waals surface area contributed by atoms with Crippen molar-refractivity contribution in [3.8, 4) is 0 Å². The molecule has 1 aliphatic rings. The molecule has 0 bridgehead atoms. The summed E-state index contributed by atoms with van der Waals surface area (Å²) in [5.74, 6) is 0. The average Bonchev–Trinajstić information content (AvgIpc) is 2.80. The van der Waals surface area contributed by atoms with Gasteiger partial charge in [-0.25, -0.2) is 22.0 Å². The molecule has 0 aromatic heterocycles. The van der Waals surface area contributed by atoms with Crippen LogP contribution in [0.2, 0.25) is 0 Å². The van der Waals surface area contributed by atoms with E-state index in [-0.39, 0.29) is 10.9 Å². The number of anilines is 1. The number of rotatable bonds is 3. The second kappa shape index (κ2) is 6.07. The van der Waals surface area contributed by atoms with Gasteiger partial charge in [-0.15, -0.1) is 0 Å². The van der Waals surface area contributed by atoms with E-state index in [1.54, 1.807) is 13.8 Å². The normalized spacial score (nSPS) is 17.4. The number of hydrogen-bond acceptors (Lipinski definition) is 4. The summed E-state index contributed by atoms with van der Waals surface area (Å²) >= 11 is 0. The molecule has 1 atom stereocenters. The van der Waals surface area contributed by atoms with Gasteiger partial charge in [-0.2, -0.15) is 0 Å². The molecule has 2 aromatic rings. The molecular formula is C18H22N2O4S2. The van der Waals surface area contributed by atoms with Gasteiger partial charge >= 0.3 is 0 Å². The number of primary sulfonamides is 1. The summed E-state index contributed by atoms with van der Waals surface area (Å²) in [5.41, 5.74) is 3.57. The van der Waals surface area contributed by atoms with E-state index in [0.29, 0.717) is 33.7 Å². The minimum absolute atomic E-state index is 0.00889. The van der Waals surface area contributed by atoms with Crippen LogP contribution in [0.3, 0.4) is 0 Å². The van der Waals surface area contributed by atoms with Crippen LogP contribution >= 0.6 is 0 Å². The molecule has 0 radical (unpaired) electrons. The van der Waals surface area contributed by atoms with Crippen LogP contribution in [0, 0.1) is 20.8 Å². The van der Waals surface area contributed by atoms with Crippen molar-refractivity contribution >= 4 is 25.7 Å². The number of hydrogen-bond donors (Lipinski definition) is 1. The summed E-state index contributed by atoms with van der Waals surface area (Å²) in [7, 11) is -7.61. The van der Waals surface area contributed by atoms with Crippen molar-refractivity contribution < 1.29 is 16.8 Å². The molecule has 0 amide bonds. The third kappa shape index (κ3) is 3.02. The van der Waals surface area contributed by atoms with E-state index in [1.165, 1.54) is 22.5 Å². The van der Waals surface area contributed by atoms with E-state index in [1.807, 2.05) is 26.0 Å². The molecule has 0 saturated heterocycles. The third-order valence-electron chi connectivity index (χ3n) is 4.65. The fourth-order valence-electron chi connectivity index (χ4n) is 3.79. The quantitative estimate of drug-likeness (QED) is 0.864. The molecule has 0 aliphatic carbocycles. The van der Waals surface area contributed by atoms with Gasteiger partial charge in [0.25, 0.3) is 10.0 Å². The van der Waals surface area contributed by atoms with Gasteiger partial charge in [0.05, 0.1) is 15.5 Å². The Morgan fingerprint density at radius 1 is 1.00 bits per heavy atom. The summed E-state index contributed by atoms with van der Waals surface area (Å²) in [6.07, 6.45) is 0.432. The number of nitrogens with two attached hydrogens (primary N) is 1. The molecule has 2 aromatic carbocycles. The first-order valence-corrected chi connectivity index (χ1v) is 11.2. The highest BCUT2D eigenvalue weighted by molar-refractivity contribution is 7.93. The topological polar surface area (TPSA) is 97.5 Å². The fourth-order valence-corrected chi connectivity index (χ4v) is 6.47. The van der Waals surface area contributed by atoms with Gasteiger partial charge in [-0.3, -0.25) is 4.31 Å². The van der Waals surface area contributed by atoms with Crippen molar-refractivity contribution in [2.24, 2.45) is 5.14 Å². The lowest BCUT2D eigenvalue weighted by Crippen LogP contribution is -2.36. The highest BCUT2D eigenvalue weighted by Crippen LogP contribution is 2.39. The number of benzene rings is 2. The molecule has 0 spiro atoms. The maximum Gasteiger partial charge on any atom is 0.265 e. The number of fused-ring (bicyclic) bond motifs is 1. The van der Waals surface area contributed by atoms with Crippen LogP contribution in [0.5, 0.6) is 0 Å². The van der Waals surface area contributed by atoms with Gasteiger partial charge in [-0.05, 0) is 69.0 Å². The van der Waals surface area contributed by atoms with E-state index in [2.05, 4.69) is 0 Å². The first-order chi connectivity index (χ1) is 11.9. The summed E-state index contributed by atoms with van der Waals surface area (Å²) in [6, 6.07) is 7.73. The molecule has 1 heterocycles. The van der Waals surface area contributed by atoms with E-state index in [0.717, 1.165) is 5.56 Å². The van der Waals surface area contributed by atoms with Crippen LogP contribution in [0.1, 0.15) is 29.2 Å². The minimum Gasteiger partial charge on any atom is -0.263 e. The van der Waals surface area contributed by atoms with Crippen molar-refractivity contribution in [1.29, 1.82) is 0 Å². The van der Waals surface area contributed by atoms with Crippen molar-refractivity contribution in [2.75, 3.05) is 4.31 Å². The van der Waals surface area contributed by atoms with E-state index in [4.69, 9.17) is 5.14 Å². The predicted octanol–water partition coefficient (Wildman–Crippen LogP) is 2.40. The Morgan fingerprint density at radius 2 is 1.58 bits per heavy atom. The van der Waals surface area contributed by atoms with Crippen molar-refractivity contribution in [3.63, 3.8) is 0 Å². The highest BCUT2D eigenvalue weighted by Gasteiger charge is 2.38. The van der Waals surface area contributed by atoms with E-state index >= 15 is 0 Å². The van der Waals surface area contributed by atoms with Gasteiger partial charge in [0.15, 0.2) is 0 Å². The van der Waals surface area contributed by atoms with Crippen LogP contribution < -0.4 is 9.44 Å². The average molecular weight is 395 g/mol. The van der Waals surface area contributed by atoms with Gasteiger partial charge < -0.3 is 0 Å². The van der Waals surface area contributed by atoms with E-state index < -0.39 is 20.0 Å². The SMILES string of the molecule is Cc1cc(C)c(S(=O)(=O)N2c3ccc(S(N)(=O)=O)cc3CC2C)c(C)c1. The smallest absolute Gasteiger partial charge is 0.263 e. The first-order valence-electron chi connectivity index (χ1n) is 8.21. The number of sulfonamides is 2. The molecule has 0 fully saturated rings. The molecule has 1 unspecified atom stereocenters. The molecule has 140 valence electrons. The Morgan fingerprint density at radius 3 is 2.12 bits per heavy atom. The Balaban J connectivity index is 2.18. The zero-order chi connectivity index (χ0) is 19.4. The lowest BCUT2D eigenvalue weighted by Gasteiger charge is -2.26. The summed E-state index contributed by atoms with van der Waals surface area (Å²) < 4.78 is 51.4. The van der Waals surface area contributed by atoms with Crippen molar-refractivity contribution in [1.82, 2.24) is 0 Å². The molecule has 3 rings (SSSR count). The Kier molecular flexibility index (Phi) is 4.41. The standard InChI is InChI=1S/C18H22N2O4S2/c1-11-7-12(2)18(13(3)8-11)26(23,24)20-14(4)9-15-10-16(25(19,21)22)5-6-17(15)20/h5-8,10,14H,9H2,1-4H3,(H2,19,21,22). The van der Waals surface area contributed by atoms with Crippen LogP contribution in [0.4, 0.5) is 5.69 Å². The van der Waals surface area contributed by atoms with Gasteiger partial charge in [0, 0.05) is 6.04 Å². The first kappa shape index (κ1) is 18.9. The largest absolute Gasteiger partial charge is 0.265 e. The summed E-state index contributed by atoms with van der Waals surface area (Å²) in [5, 5.41) is 5.19. The summed E-state index contributed by atoms with van der Waals surface area (Å²) in [6.45, 7) is 7.32. The minimum atomic E-state index is -3.83. The predicted molar refractivity (Wildman–Crippen MR) is 101 cm³/mol. The zero-order valence-electron chi connectivity index (χ0n) is 15.1. The number of aryl methyl sites for hydroxylation is 3. The maximum absolute atomic E-state index is 13.4. The van der Waals surface area contributed by atoms with Crippen LogP contribution in [0.25, 0.3) is 0 Å². The molecule has 26 heavy (non-hydrogen) atoms. The van der Waals surface area contributed by atoms with Crippen molar-refractivity contribution in [2.45, 2.75) is 49.9 Å². The Hall–Kier alpha value is -1.90. The molecular weight excluding hydrogens is 372 g/mol. The van der Waals surface area contributed by atoms with Crippen LogP contribution in [-0.4, -0.2) is 22.9 Å². The van der Waals surface area contributed by atoms with Crippen LogP contribution in [0.15, 0.2) is 40.1 Å². The second-order valence-electron chi connectivity index (χ2n) is 6.92. The lowest BCUT2D eigenvalue weighted by molar-refractivity contribution is 0.582. The molecule has 6 nitrogen and oxygen atoms in total. The monoisotopic (exact) mass is 394 g/mol. The molecule has 2 N–H and O–H groups in total. The third-order valence-corrected chi connectivity index (χ3v) is 7.80.